The molecule has 0 radical (unpaired) electrons. The first-order valence-electron chi connectivity index (χ1n) is 6.77. The zero-order valence-corrected chi connectivity index (χ0v) is 13.0. The van der Waals surface area contributed by atoms with E-state index in [0.29, 0.717) is 12.8 Å². The second-order valence-corrected chi connectivity index (χ2v) is 6.11. The normalized spacial score (nSPS) is 11.7. The van der Waals surface area contributed by atoms with Crippen molar-refractivity contribution in [2.75, 3.05) is 0 Å². The quantitative estimate of drug-likeness (QED) is 0.674. The van der Waals surface area contributed by atoms with Gasteiger partial charge in [-0.3, -0.25) is 14.9 Å². The van der Waals surface area contributed by atoms with E-state index in [2.05, 4.69) is 10.6 Å². The molecule has 1 aromatic rings. The molecule has 0 bridgehead atoms. The lowest BCUT2D eigenvalue weighted by molar-refractivity contribution is -0.137. The van der Waals surface area contributed by atoms with E-state index < -0.39 is 17.9 Å². The number of carboxylic acids is 1. The number of hydrogen-bond acceptors (Lipinski definition) is 4. The van der Waals surface area contributed by atoms with Crippen LogP contribution in [0.25, 0.3) is 0 Å². The minimum atomic E-state index is -0.881. The van der Waals surface area contributed by atoms with Gasteiger partial charge in [0.1, 0.15) is 0 Å². The minimum Gasteiger partial charge on any atom is -0.481 e. The van der Waals surface area contributed by atoms with Gasteiger partial charge in [-0.05, 0) is 38.8 Å². The monoisotopic (exact) mass is 312 g/mol. The van der Waals surface area contributed by atoms with Crippen molar-refractivity contribution in [2.45, 2.75) is 45.6 Å². The molecule has 0 saturated heterocycles. The van der Waals surface area contributed by atoms with Crippen molar-refractivity contribution in [3.63, 3.8) is 0 Å². The maximum Gasteiger partial charge on any atom is 0.321 e. The number of carboxylic acid groups (broad SMARTS) is 1. The summed E-state index contributed by atoms with van der Waals surface area (Å²) in [4.78, 5) is 35.7. The highest BCUT2D eigenvalue weighted by molar-refractivity contribution is 7.12. The smallest absolute Gasteiger partial charge is 0.321 e. The summed E-state index contributed by atoms with van der Waals surface area (Å²) in [5, 5.41) is 13.4. The van der Waals surface area contributed by atoms with Gasteiger partial charge >= 0.3 is 12.0 Å². The average Bonchev–Trinajstić information content (AvgIpc) is 2.81. The van der Waals surface area contributed by atoms with Crippen molar-refractivity contribution in [2.24, 2.45) is 0 Å². The molecule has 6 nitrogen and oxygen atoms in total. The Labute approximate surface area is 127 Å². The van der Waals surface area contributed by atoms with Crippen molar-refractivity contribution in [1.82, 2.24) is 10.6 Å². The van der Waals surface area contributed by atoms with Gasteiger partial charge in [0.05, 0.1) is 6.04 Å². The topological polar surface area (TPSA) is 95.5 Å². The van der Waals surface area contributed by atoms with Gasteiger partial charge in [0.2, 0.25) is 5.91 Å². The van der Waals surface area contributed by atoms with E-state index in [4.69, 9.17) is 5.11 Å². The Morgan fingerprint density at radius 1 is 1.24 bits per heavy atom. The van der Waals surface area contributed by atoms with Gasteiger partial charge < -0.3 is 10.4 Å². The van der Waals surface area contributed by atoms with Crippen molar-refractivity contribution >= 4 is 29.2 Å². The van der Waals surface area contributed by atoms with E-state index in [-0.39, 0.29) is 18.9 Å². The molecule has 0 aliphatic carbocycles. The van der Waals surface area contributed by atoms with Crippen LogP contribution in [-0.4, -0.2) is 23.0 Å². The highest BCUT2D eigenvalue weighted by atomic mass is 32.1. The number of nitrogens with one attached hydrogen (secondary N) is 2. The fourth-order valence-electron chi connectivity index (χ4n) is 1.74. The Kier molecular flexibility index (Phi) is 6.87. The number of carbonyl (C=O) groups excluding carboxylic acids is 2. The lowest BCUT2D eigenvalue weighted by Crippen LogP contribution is -2.40. The van der Waals surface area contributed by atoms with Crippen molar-refractivity contribution in [1.29, 1.82) is 0 Å². The summed E-state index contributed by atoms with van der Waals surface area (Å²) in [6.45, 7) is 3.84. The predicted octanol–water partition coefficient (Wildman–Crippen LogP) is 2.59. The fraction of sp³-hybridized carbons (Fsp3) is 0.500. The number of amides is 3. The Hall–Kier alpha value is -1.89. The molecule has 7 heteroatoms. The summed E-state index contributed by atoms with van der Waals surface area (Å²) in [5.41, 5.74) is 0. The van der Waals surface area contributed by atoms with Crippen LogP contribution >= 0.6 is 11.3 Å². The molecule has 0 aliphatic rings. The maximum absolute atomic E-state index is 11.7. The summed E-state index contributed by atoms with van der Waals surface area (Å²) in [6, 6.07) is 3.22. The first kappa shape index (κ1) is 17.2. The van der Waals surface area contributed by atoms with Gasteiger partial charge in [0.15, 0.2) is 0 Å². The number of thiophene rings is 1. The van der Waals surface area contributed by atoms with Crippen molar-refractivity contribution in [3.8, 4) is 0 Å². The molecule has 1 heterocycles. The number of rotatable bonds is 7. The van der Waals surface area contributed by atoms with E-state index in [9.17, 15) is 14.4 Å². The van der Waals surface area contributed by atoms with Crippen LogP contribution in [-0.2, 0) is 9.59 Å². The van der Waals surface area contributed by atoms with E-state index in [1.807, 2.05) is 26.0 Å². The molecule has 1 unspecified atom stereocenters. The fourth-order valence-corrected chi connectivity index (χ4v) is 2.62. The van der Waals surface area contributed by atoms with E-state index in [1.165, 1.54) is 0 Å². The number of imide groups is 1. The molecule has 1 rings (SSSR count). The van der Waals surface area contributed by atoms with Crippen molar-refractivity contribution < 1.29 is 19.5 Å². The van der Waals surface area contributed by atoms with Crippen molar-refractivity contribution in [3.05, 3.63) is 21.9 Å². The van der Waals surface area contributed by atoms with Gasteiger partial charge in [0.25, 0.3) is 0 Å². The highest BCUT2D eigenvalue weighted by Gasteiger charge is 2.13. The molecular weight excluding hydrogens is 292 g/mol. The minimum absolute atomic E-state index is 0.0360. The van der Waals surface area contributed by atoms with Crippen LogP contribution in [0.15, 0.2) is 12.1 Å². The molecule has 116 valence electrons. The molecule has 0 aliphatic heterocycles. The van der Waals surface area contributed by atoms with E-state index in [0.717, 1.165) is 9.75 Å². The molecule has 1 atom stereocenters. The first-order chi connectivity index (χ1) is 9.88. The van der Waals surface area contributed by atoms with Gasteiger partial charge in [0, 0.05) is 22.6 Å². The second kappa shape index (κ2) is 8.41. The van der Waals surface area contributed by atoms with Crippen LogP contribution in [0.5, 0.6) is 0 Å². The number of aryl methyl sites for hydroxylation is 1. The second-order valence-electron chi connectivity index (χ2n) is 4.79. The van der Waals surface area contributed by atoms with Crippen LogP contribution in [0, 0.1) is 6.92 Å². The Morgan fingerprint density at radius 2 is 1.90 bits per heavy atom. The molecule has 3 amide bonds. The molecule has 21 heavy (non-hydrogen) atoms. The molecule has 0 spiro atoms. The summed E-state index contributed by atoms with van der Waals surface area (Å²) in [7, 11) is 0. The largest absolute Gasteiger partial charge is 0.481 e. The summed E-state index contributed by atoms with van der Waals surface area (Å²) in [5.74, 6) is -1.28. The lowest BCUT2D eigenvalue weighted by atomic mass is 10.2. The molecule has 0 aromatic carbocycles. The van der Waals surface area contributed by atoms with Crippen LogP contribution in [0.3, 0.4) is 0 Å². The van der Waals surface area contributed by atoms with Crippen LogP contribution < -0.4 is 10.6 Å². The van der Waals surface area contributed by atoms with Gasteiger partial charge in [-0.2, -0.15) is 0 Å². The van der Waals surface area contributed by atoms with Crippen LogP contribution in [0.4, 0.5) is 4.79 Å². The van der Waals surface area contributed by atoms with E-state index in [1.54, 1.807) is 11.3 Å². The number of carbonyl (C=O) groups is 3. The average molecular weight is 312 g/mol. The zero-order valence-electron chi connectivity index (χ0n) is 12.1. The summed E-state index contributed by atoms with van der Waals surface area (Å²) < 4.78 is 0. The number of urea groups is 1. The van der Waals surface area contributed by atoms with Gasteiger partial charge in [-0.25, -0.2) is 4.79 Å². The SMILES string of the molecule is Cc1ccc(C(C)NC(=O)NC(=O)CCCCC(=O)O)s1. The van der Waals surface area contributed by atoms with Gasteiger partial charge in [-0.1, -0.05) is 0 Å². The zero-order chi connectivity index (χ0) is 15.8. The lowest BCUT2D eigenvalue weighted by Gasteiger charge is -2.12. The van der Waals surface area contributed by atoms with Crippen LogP contribution in [0.1, 0.15) is 48.4 Å². The Bertz CT molecular complexity index is 513. The third-order valence-electron chi connectivity index (χ3n) is 2.83. The third kappa shape index (κ3) is 6.89. The van der Waals surface area contributed by atoms with E-state index >= 15 is 0 Å². The Morgan fingerprint density at radius 3 is 2.48 bits per heavy atom. The number of aliphatic carboxylic acids is 1. The molecule has 0 saturated carbocycles. The Balaban J connectivity index is 2.26. The maximum atomic E-state index is 11.7. The number of hydrogen-bond donors (Lipinski definition) is 3. The summed E-state index contributed by atoms with van der Waals surface area (Å²) >= 11 is 1.59. The highest BCUT2D eigenvalue weighted by Crippen LogP contribution is 2.21. The standard InChI is InChI=1S/C14H20N2O4S/c1-9-7-8-11(21-9)10(2)15-14(20)16-12(17)5-3-4-6-13(18)19/h7-8,10H,3-6H2,1-2H3,(H,18,19)(H2,15,16,17,20). The number of unbranched alkanes of at least 4 members (excludes halogenated alkanes) is 1. The summed E-state index contributed by atoms with van der Waals surface area (Å²) in [6.07, 6.45) is 1.06. The third-order valence-corrected chi connectivity index (χ3v) is 4.02. The molecule has 0 fully saturated rings. The molecular formula is C14H20N2O4S. The predicted molar refractivity (Wildman–Crippen MR) is 80.2 cm³/mol. The van der Waals surface area contributed by atoms with Gasteiger partial charge in [-0.15, -0.1) is 11.3 Å². The van der Waals surface area contributed by atoms with Crippen LogP contribution in [0.2, 0.25) is 0 Å². The first-order valence-corrected chi connectivity index (χ1v) is 7.58. The molecule has 3 N–H and O–H groups in total. The molecule has 1 aromatic heterocycles.